The number of benzene rings is 1. The van der Waals surface area contributed by atoms with Crippen molar-refractivity contribution in [1.29, 1.82) is 0 Å². The maximum absolute atomic E-state index is 5.13. The number of hydrogen-bond donors (Lipinski definition) is 1. The van der Waals surface area contributed by atoms with E-state index in [-0.39, 0.29) is 0 Å². The Kier molecular flexibility index (Phi) is 5.39. The zero-order valence-electron chi connectivity index (χ0n) is 15.5. The van der Waals surface area contributed by atoms with Gasteiger partial charge >= 0.3 is 0 Å². The van der Waals surface area contributed by atoms with Gasteiger partial charge in [0.25, 0.3) is 0 Å². The standard InChI is InChI=1S/C20H24N6O/c1-15-24-19(25-27-15)18-8-5-9-26(14-18)13-17-11-22-20(23-12-17)21-10-16-6-3-2-4-7-16/h2-4,6-7,11-12,18H,5,8-10,13-14H2,1H3,(H,21,22,23)/t18-/m1/s1. The molecule has 0 unspecified atom stereocenters. The van der Waals surface area contributed by atoms with Crippen LogP contribution in [0.4, 0.5) is 5.95 Å². The molecule has 140 valence electrons. The summed E-state index contributed by atoms with van der Waals surface area (Å²) in [5.41, 5.74) is 2.33. The van der Waals surface area contributed by atoms with Gasteiger partial charge in [-0.3, -0.25) is 4.90 Å². The van der Waals surface area contributed by atoms with Gasteiger partial charge in [-0.1, -0.05) is 35.5 Å². The van der Waals surface area contributed by atoms with E-state index in [1.54, 1.807) is 0 Å². The smallest absolute Gasteiger partial charge is 0.223 e. The highest BCUT2D eigenvalue weighted by Gasteiger charge is 2.25. The van der Waals surface area contributed by atoms with E-state index in [2.05, 4.69) is 42.5 Å². The molecule has 1 aliphatic heterocycles. The normalized spacial score (nSPS) is 17.7. The van der Waals surface area contributed by atoms with Gasteiger partial charge in [0.15, 0.2) is 5.82 Å². The zero-order chi connectivity index (χ0) is 18.5. The summed E-state index contributed by atoms with van der Waals surface area (Å²) in [6.07, 6.45) is 6.05. The van der Waals surface area contributed by atoms with Gasteiger partial charge in [0.2, 0.25) is 11.8 Å². The molecule has 7 heteroatoms. The molecule has 0 amide bonds. The van der Waals surface area contributed by atoms with Crippen LogP contribution >= 0.6 is 0 Å². The first kappa shape index (κ1) is 17.6. The van der Waals surface area contributed by atoms with Crippen molar-refractivity contribution in [3.8, 4) is 0 Å². The predicted molar refractivity (Wildman–Crippen MR) is 102 cm³/mol. The van der Waals surface area contributed by atoms with E-state index in [0.29, 0.717) is 17.8 Å². The number of rotatable bonds is 6. The highest BCUT2D eigenvalue weighted by molar-refractivity contribution is 5.28. The molecule has 4 rings (SSSR count). The number of hydrogen-bond acceptors (Lipinski definition) is 7. The predicted octanol–water partition coefficient (Wildman–Crippen LogP) is 3.16. The third-order valence-electron chi connectivity index (χ3n) is 4.82. The molecule has 1 aliphatic rings. The van der Waals surface area contributed by atoms with E-state index in [4.69, 9.17) is 4.52 Å². The van der Waals surface area contributed by atoms with Crippen LogP contribution < -0.4 is 5.32 Å². The molecule has 3 aromatic rings. The van der Waals surface area contributed by atoms with Crippen molar-refractivity contribution >= 4 is 5.95 Å². The van der Waals surface area contributed by atoms with Crippen LogP contribution in [0.15, 0.2) is 47.2 Å². The molecule has 1 N–H and O–H groups in total. The first-order chi connectivity index (χ1) is 13.3. The summed E-state index contributed by atoms with van der Waals surface area (Å²) in [6, 6.07) is 10.2. The Morgan fingerprint density at radius 1 is 1.15 bits per heavy atom. The molecule has 1 aromatic carbocycles. The van der Waals surface area contributed by atoms with Crippen molar-refractivity contribution in [1.82, 2.24) is 25.0 Å². The molecule has 27 heavy (non-hydrogen) atoms. The number of likely N-dealkylation sites (tertiary alicyclic amines) is 1. The molecule has 0 radical (unpaired) electrons. The molecule has 0 saturated carbocycles. The Balaban J connectivity index is 1.31. The second-order valence-corrected chi connectivity index (χ2v) is 7.00. The summed E-state index contributed by atoms with van der Waals surface area (Å²) >= 11 is 0. The maximum Gasteiger partial charge on any atom is 0.223 e. The molecule has 1 saturated heterocycles. The first-order valence-electron chi connectivity index (χ1n) is 9.37. The van der Waals surface area contributed by atoms with E-state index in [0.717, 1.165) is 50.4 Å². The van der Waals surface area contributed by atoms with Crippen LogP contribution in [-0.4, -0.2) is 38.1 Å². The minimum absolute atomic E-state index is 0.337. The number of piperidine rings is 1. The molecular weight excluding hydrogens is 340 g/mol. The van der Waals surface area contributed by atoms with Crippen molar-refractivity contribution in [2.75, 3.05) is 18.4 Å². The lowest BCUT2D eigenvalue weighted by Crippen LogP contribution is -2.34. The van der Waals surface area contributed by atoms with E-state index >= 15 is 0 Å². The Morgan fingerprint density at radius 2 is 1.96 bits per heavy atom. The topological polar surface area (TPSA) is 80.0 Å². The van der Waals surface area contributed by atoms with Gasteiger partial charge in [0, 0.05) is 50.4 Å². The minimum Gasteiger partial charge on any atom is -0.350 e. The Hall–Kier alpha value is -2.80. The van der Waals surface area contributed by atoms with Crippen LogP contribution in [0.1, 0.15) is 41.6 Å². The highest BCUT2D eigenvalue weighted by atomic mass is 16.5. The zero-order valence-corrected chi connectivity index (χ0v) is 15.5. The first-order valence-corrected chi connectivity index (χ1v) is 9.37. The van der Waals surface area contributed by atoms with Crippen molar-refractivity contribution in [2.24, 2.45) is 0 Å². The lowest BCUT2D eigenvalue weighted by Gasteiger charge is -2.31. The molecule has 1 fully saturated rings. The summed E-state index contributed by atoms with van der Waals surface area (Å²) in [5.74, 6) is 2.45. The van der Waals surface area contributed by atoms with Crippen molar-refractivity contribution in [2.45, 2.75) is 38.8 Å². The van der Waals surface area contributed by atoms with E-state index in [9.17, 15) is 0 Å². The SMILES string of the molecule is Cc1nc([C@@H]2CCCN(Cc3cnc(NCc4ccccc4)nc3)C2)no1. The second kappa shape index (κ2) is 8.26. The van der Waals surface area contributed by atoms with Crippen LogP contribution in [-0.2, 0) is 13.1 Å². The fourth-order valence-corrected chi connectivity index (χ4v) is 3.45. The third-order valence-corrected chi connectivity index (χ3v) is 4.82. The van der Waals surface area contributed by atoms with E-state index in [1.165, 1.54) is 5.56 Å². The largest absolute Gasteiger partial charge is 0.350 e. The molecule has 0 aliphatic carbocycles. The number of nitrogens with zero attached hydrogens (tertiary/aromatic N) is 5. The van der Waals surface area contributed by atoms with E-state index < -0.39 is 0 Å². The fourth-order valence-electron chi connectivity index (χ4n) is 3.45. The molecule has 7 nitrogen and oxygen atoms in total. The molecule has 3 heterocycles. The van der Waals surface area contributed by atoms with Crippen LogP contribution in [0.5, 0.6) is 0 Å². The average molecular weight is 364 g/mol. The van der Waals surface area contributed by atoms with Crippen molar-refractivity contribution in [3.63, 3.8) is 0 Å². The average Bonchev–Trinajstić information content (AvgIpc) is 3.15. The summed E-state index contributed by atoms with van der Waals surface area (Å²) in [5, 5.41) is 7.35. The van der Waals surface area contributed by atoms with Gasteiger partial charge < -0.3 is 9.84 Å². The van der Waals surface area contributed by atoms with Crippen LogP contribution in [0, 0.1) is 6.92 Å². The van der Waals surface area contributed by atoms with Gasteiger partial charge in [-0.05, 0) is 24.9 Å². The highest BCUT2D eigenvalue weighted by Crippen LogP contribution is 2.25. The summed E-state index contributed by atoms with van der Waals surface area (Å²) in [6.45, 7) is 5.40. The van der Waals surface area contributed by atoms with Gasteiger partial charge in [-0.2, -0.15) is 4.98 Å². The second-order valence-electron chi connectivity index (χ2n) is 7.00. The molecular formula is C20H24N6O. The number of anilines is 1. The fraction of sp³-hybridized carbons (Fsp3) is 0.400. The van der Waals surface area contributed by atoms with Gasteiger partial charge in [-0.15, -0.1) is 0 Å². The number of aryl methyl sites for hydroxylation is 1. The van der Waals surface area contributed by atoms with E-state index in [1.807, 2.05) is 37.5 Å². The van der Waals surface area contributed by atoms with Gasteiger partial charge in [0.1, 0.15) is 0 Å². The minimum atomic E-state index is 0.337. The lowest BCUT2D eigenvalue weighted by atomic mass is 9.97. The number of nitrogens with one attached hydrogen (secondary N) is 1. The quantitative estimate of drug-likeness (QED) is 0.719. The van der Waals surface area contributed by atoms with Crippen molar-refractivity contribution in [3.05, 3.63) is 65.6 Å². The van der Waals surface area contributed by atoms with Crippen LogP contribution in [0.2, 0.25) is 0 Å². The Labute approximate surface area is 158 Å². The van der Waals surface area contributed by atoms with Crippen LogP contribution in [0.25, 0.3) is 0 Å². The number of aromatic nitrogens is 4. The summed E-state index contributed by atoms with van der Waals surface area (Å²) in [4.78, 5) is 15.7. The monoisotopic (exact) mass is 364 g/mol. The van der Waals surface area contributed by atoms with Gasteiger partial charge in [-0.25, -0.2) is 9.97 Å². The molecule has 0 bridgehead atoms. The maximum atomic E-state index is 5.13. The summed E-state index contributed by atoms with van der Waals surface area (Å²) in [7, 11) is 0. The molecule has 0 spiro atoms. The summed E-state index contributed by atoms with van der Waals surface area (Å²) < 4.78 is 5.13. The Bertz CT molecular complexity index is 848. The molecule has 2 aromatic heterocycles. The van der Waals surface area contributed by atoms with Gasteiger partial charge in [0.05, 0.1) is 0 Å². The van der Waals surface area contributed by atoms with Crippen LogP contribution in [0.3, 0.4) is 0 Å². The molecule has 1 atom stereocenters. The lowest BCUT2D eigenvalue weighted by molar-refractivity contribution is 0.194. The van der Waals surface area contributed by atoms with Crippen molar-refractivity contribution < 1.29 is 4.52 Å². The third kappa shape index (κ3) is 4.68. The Morgan fingerprint density at radius 3 is 2.70 bits per heavy atom.